The van der Waals surface area contributed by atoms with Gasteiger partial charge in [0.1, 0.15) is 5.60 Å². The van der Waals surface area contributed by atoms with Gasteiger partial charge in [-0.05, 0) is 51.8 Å². The third kappa shape index (κ3) is 6.45. The lowest BCUT2D eigenvalue weighted by molar-refractivity contribution is 0.0526. The maximum absolute atomic E-state index is 11.6. The van der Waals surface area contributed by atoms with Crippen LogP contribution in [0.4, 0.5) is 10.5 Å². The number of hydrogen-bond acceptors (Lipinski definition) is 3. The highest BCUT2D eigenvalue weighted by atomic mass is 16.6. The predicted molar refractivity (Wildman–Crippen MR) is 83.1 cm³/mol. The summed E-state index contributed by atoms with van der Waals surface area (Å²) in [5, 5.41) is 6.13. The zero-order valence-corrected chi connectivity index (χ0v) is 13.1. The molecule has 0 aromatic heterocycles. The van der Waals surface area contributed by atoms with E-state index in [1.165, 1.54) is 5.56 Å². The molecule has 1 atom stereocenters. The SMILES string of the molecule is CCc1cccc(NC(C)CNC(=O)OC(C)(C)C)c1. The highest BCUT2D eigenvalue weighted by Crippen LogP contribution is 2.12. The second-order valence-corrected chi connectivity index (χ2v) is 5.98. The van der Waals surface area contributed by atoms with Crippen LogP contribution in [0.15, 0.2) is 24.3 Å². The lowest BCUT2D eigenvalue weighted by Gasteiger charge is -2.21. The first kappa shape index (κ1) is 16.3. The number of ether oxygens (including phenoxy) is 1. The van der Waals surface area contributed by atoms with Crippen molar-refractivity contribution in [3.63, 3.8) is 0 Å². The van der Waals surface area contributed by atoms with Crippen LogP contribution in [0.5, 0.6) is 0 Å². The number of benzene rings is 1. The Kier molecular flexibility index (Phi) is 5.86. The van der Waals surface area contributed by atoms with Crippen LogP contribution in [0, 0.1) is 0 Å². The molecule has 0 aliphatic carbocycles. The smallest absolute Gasteiger partial charge is 0.407 e. The van der Waals surface area contributed by atoms with Gasteiger partial charge in [-0.1, -0.05) is 19.1 Å². The maximum atomic E-state index is 11.6. The summed E-state index contributed by atoms with van der Waals surface area (Å²) in [4.78, 5) is 11.6. The van der Waals surface area contributed by atoms with Crippen molar-refractivity contribution in [2.75, 3.05) is 11.9 Å². The van der Waals surface area contributed by atoms with E-state index in [-0.39, 0.29) is 12.1 Å². The number of carbonyl (C=O) groups excluding carboxylic acids is 1. The quantitative estimate of drug-likeness (QED) is 0.865. The van der Waals surface area contributed by atoms with Crippen molar-refractivity contribution in [2.24, 2.45) is 0 Å². The van der Waals surface area contributed by atoms with Crippen LogP contribution in [0.1, 0.15) is 40.2 Å². The Morgan fingerprint density at radius 2 is 2.05 bits per heavy atom. The predicted octanol–water partition coefficient (Wildman–Crippen LogP) is 3.57. The number of amides is 1. The highest BCUT2D eigenvalue weighted by Gasteiger charge is 2.16. The van der Waals surface area contributed by atoms with E-state index in [1.807, 2.05) is 39.8 Å². The standard InChI is InChI=1S/C16H26N2O2/c1-6-13-8-7-9-14(10-13)18-12(2)11-17-15(19)20-16(3,4)5/h7-10,12,18H,6,11H2,1-5H3,(H,17,19). The Morgan fingerprint density at radius 3 is 2.65 bits per heavy atom. The lowest BCUT2D eigenvalue weighted by Crippen LogP contribution is -2.38. The molecule has 4 nitrogen and oxygen atoms in total. The van der Waals surface area contributed by atoms with Crippen LogP contribution in [-0.4, -0.2) is 24.3 Å². The van der Waals surface area contributed by atoms with Crippen molar-refractivity contribution >= 4 is 11.8 Å². The van der Waals surface area contributed by atoms with Crippen molar-refractivity contribution in [3.05, 3.63) is 29.8 Å². The number of rotatable bonds is 5. The first-order valence-corrected chi connectivity index (χ1v) is 7.12. The van der Waals surface area contributed by atoms with Gasteiger partial charge in [-0.25, -0.2) is 4.79 Å². The van der Waals surface area contributed by atoms with Gasteiger partial charge in [0.05, 0.1) is 0 Å². The summed E-state index contributed by atoms with van der Waals surface area (Å²) < 4.78 is 5.20. The number of nitrogens with one attached hydrogen (secondary N) is 2. The van der Waals surface area contributed by atoms with E-state index < -0.39 is 5.60 Å². The average Bonchev–Trinajstić information content (AvgIpc) is 2.34. The number of anilines is 1. The molecule has 0 saturated carbocycles. The molecular formula is C16H26N2O2. The summed E-state index contributed by atoms with van der Waals surface area (Å²) in [6, 6.07) is 8.44. The van der Waals surface area contributed by atoms with E-state index >= 15 is 0 Å². The van der Waals surface area contributed by atoms with Gasteiger partial charge in [0.2, 0.25) is 0 Å². The summed E-state index contributed by atoms with van der Waals surface area (Å²) in [6.07, 6.45) is 0.633. The van der Waals surface area contributed by atoms with E-state index in [0.717, 1.165) is 12.1 Å². The van der Waals surface area contributed by atoms with Crippen LogP contribution < -0.4 is 10.6 Å². The van der Waals surface area contributed by atoms with Gasteiger partial charge >= 0.3 is 6.09 Å². The second kappa shape index (κ2) is 7.17. The van der Waals surface area contributed by atoms with Gasteiger partial charge in [-0.15, -0.1) is 0 Å². The van der Waals surface area contributed by atoms with Crippen LogP contribution in [-0.2, 0) is 11.2 Å². The fraction of sp³-hybridized carbons (Fsp3) is 0.562. The van der Waals surface area contributed by atoms with E-state index in [1.54, 1.807) is 0 Å². The lowest BCUT2D eigenvalue weighted by atomic mass is 10.1. The van der Waals surface area contributed by atoms with Crippen molar-refractivity contribution in [1.82, 2.24) is 5.32 Å². The molecule has 112 valence electrons. The summed E-state index contributed by atoms with van der Waals surface area (Å²) in [5.74, 6) is 0. The summed E-state index contributed by atoms with van der Waals surface area (Å²) in [6.45, 7) is 10.2. The zero-order valence-electron chi connectivity index (χ0n) is 13.1. The van der Waals surface area contributed by atoms with E-state index in [2.05, 4.69) is 29.7 Å². The molecule has 0 spiro atoms. The largest absolute Gasteiger partial charge is 0.444 e. The Balaban J connectivity index is 2.40. The molecule has 1 unspecified atom stereocenters. The van der Waals surface area contributed by atoms with Crippen LogP contribution in [0.3, 0.4) is 0 Å². The van der Waals surface area contributed by atoms with Gasteiger partial charge in [0.15, 0.2) is 0 Å². The molecule has 0 aliphatic rings. The molecule has 1 amide bonds. The minimum Gasteiger partial charge on any atom is -0.444 e. The molecule has 20 heavy (non-hydrogen) atoms. The fourth-order valence-corrected chi connectivity index (χ4v) is 1.77. The van der Waals surface area contributed by atoms with E-state index in [9.17, 15) is 4.79 Å². The number of hydrogen-bond donors (Lipinski definition) is 2. The Hall–Kier alpha value is -1.71. The molecule has 0 fully saturated rings. The van der Waals surface area contributed by atoms with Gasteiger partial charge in [-0.3, -0.25) is 0 Å². The Bertz CT molecular complexity index is 438. The molecule has 0 bridgehead atoms. The van der Waals surface area contributed by atoms with Gasteiger partial charge in [0.25, 0.3) is 0 Å². The fourth-order valence-electron chi connectivity index (χ4n) is 1.77. The topological polar surface area (TPSA) is 50.4 Å². The third-order valence-electron chi connectivity index (χ3n) is 2.70. The zero-order chi connectivity index (χ0) is 15.2. The average molecular weight is 278 g/mol. The van der Waals surface area contributed by atoms with Crippen molar-refractivity contribution in [1.29, 1.82) is 0 Å². The maximum Gasteiger partial charge on any atom is 0.407 e. The summed E-state index contributed by atoms with van der Waals surface area (Å²) in [5.41, 5.74) is 1.90. The van der Waals surface area contributed by atoms with Gasteiger partial charge in [0, 0.05) is 18.3 Å². The number of carbonyl (C=O) groups is 1. The molecule has 1 rings (SSSR count). The molecule has 1 aromatic carbocycles. The molecule has 0 aliphatic heterocycles. The van der Waals surface area contributed by atoms with Crippen LogP contribution in [0.25, 0.3) is 0 Å². The van der Waals surface area contributed by atoms with Crippen LogP contribution in [0.2, 0.25) is 0 Å². The molecular weight excluding hydrogens is 252 g/mol. The van der Waals surface area contributed by atoms with Crippen LogP contribution >= 0.6 is 0 Å². The Morgan fingerprint density at radius 1 is 1.35 bits per heavy atom. The molecule has 0 saturated heterocycles. The first-order valence-electron chi connectivity index (χ1n) is 7.12. The Labute approximate surface area is 121 Å². The molecule has 4 heteroatoms. The molecule has 2 N–H and O–H groups in total. The van der Waals surface area contributed by atoms with Crippen molar-refractivity contribution in [2.45, 2.75) is 52.7 Å². The van der Waals surface area contributed by atoms with Gasteiger partial charge < -0.3 is 15.4 Å². The second-order valence-electron chi connectivity index (χ2n) is 5.98. The van der Waals surface area contributed by atoms with Crippen molar-refractivity contribution in [3.8, 4) is 0 Å². The van der Waals surface area contributed by atoms with Crippen molar-refractivity contribution < 1.29 is 9.53 Å². The normalized spacial score (nSPS) is 12.7. The van der Waals surface area contributed by atoms with E-state index in [0.29, 0.717) is 6.54 Å². The van der Waals surface area contributed by atoms with Gasteiger partial charge in [-0.2, -0.15) is 0 Å². The highest BCUT2D eigenvalue weighted by molar-refractivity contribution is 5.67. The molecule has 1 aromatic rings. The number of aryl methyl sites for hydroxylation is 1. The minimum atomic E-state index is -0.462. The third-order valence-corrected chi connectivity index (χ3v) is 2.70. The monoisotopic (exact) mass is 278 g/mol. The number of alkyl carbamates (subject to hydrolysis) is 1. The summed E-state index contributed by atoms with van der Waals surface area (Å²) >= 11 is 0. The molecule has 0 heterocycles. The van der Waals surface area contributed by atoms with E-state index in [4.69, 9.17) is 4.74 Å². The first-order chi connectivity index (χ1) is 9.30. The summed E-state index contributed by atoms with van der Waals surface area (Å²) in [7, 11) is 0. The molecule has 0 radical (unpaired) electrons. The minimum absolute atomic E-state index is 0.134.